The van der Waals surface area contributed by atoms with Gasteiger partial charge in [0.25, 0.3) is 0 Å². The Labute approximate surface area is 164 Å². The first-order chi connectivity index (χ1) is 13.5. The number of pyridine rings is 1. The maximum absolute atomic E-state index is 11.8. The largest absolute Gasteiger partial charge is 0.368 e. The number of nitrogens with zero attached hydrogens (tertiary/aromatic N) is 5. The number of anilines is 1. The van der Waals surface area contributed by atoms with E-state index in [0.717, 1.165) is 29.1 Å². The van der Waals surface area contributed by atoms with Crippen LogP contribution in [0.4, 0.5) is 5.82 Å². The highest BCUT2D eigenvalue weighted by Crippen LogP contribution is 2.27. The molecule has 28 heavy (non-hydrogen) atoms. The molecule has 2 aliphatic rings. The zero-order valence-electron chi connectivity index (χ0n) is 16.2. The lowest BCUT2D eigenvalue weighted by Crippen LogP contribution is -2.37. The van der Waals surface area contributed by atoms with Crippen LogP contribution in [0.5, 0.6) is 0 Å². The van der Waals surface area contributed by atoms with Crippen molar-refractivity contribution in [2.24, 2.45) is 0 Å². The molecule has 8 heteroatoms. The van der Waals surface area contributed by atoms with Crippen molar-refractivity contribution in [1.82, 2.24) is 24.8 Å². The molecule has 1 unspecified atom stereocenters. The minimum atomic E-state index is 0.0489. The molecule has 8 nitrogen and oxygen atoms in total. The quantitative estimate of drug-likeness (QED) is 0.864. The van der Waals surface area contributed by atoms with E-state index in [4.69, 9.17) is 9.97 Å². The molecule has 2 aliphatic heterocycles. The van der Waals surface area contributed by atoms with Crippen molar-refractivity contribution < 1.29 is 9.59 Å². The van der Waals surface area contributed by atoms with Gasteiger partial charge in [0, 0.05) is 63.0 Å². The lowest BCUT2D eigenvalue weighted by Gasteiger charge is -2.29. The number of rotatable bonds is 4. The van der Waals surface area contributed by atoms with Crippen LogP contribution in [0.1, 0.15) is 31.0 Å². The third kappa shape index (κ3) is 3.54. The summed E-state index contributed by atoms with van der Waals surface area (Å²) in [5.74, 6) is 1.62. The lowest BCUT2D eigenvalue weighted by atomic mass is 10.0. The highest BCUT2D eigenvalue weighted by Gasteiger charge is 2.29. The van der Waals surface area contributed by atoms with Crippen LogP contribution >= 0.6 is 0 Å². The van der Waals surface area contributed by atoms with Gasteiger partial charge in [0.15, 0.2) is 5.82 Å². The van der Waals surface area contributed by atoms with Crippen molar-refractivity contribution >= 4 is 17.6 Å². The summed E-state index contributed by atoms with van der Waals surface area (Å²) in [6.07, 6.45) is 5.61. The van der Waals surface area contributed by atoms with E-state index in [0.29, 0.717) is 38.3 Å². The monoisotopic (exact) mass is 380 g/mol. The second kappa shape index (κ2) is 7.53. The van der Waals surface area contributed by atoms with Gasteiger partial charge < -0.3 is 15.1 Å². The van der Waals surface area contributed by atoms with Gasteiger partial charge in [-0.3, -0.25) is 14.6 Å². The Balaban J connectivity index is 1.65. The van der Waals surface area contributed by atoms with Gasteiger partial charge in [-0.2, -0.15) is 0 Å². The van der Waals surface area contributed by atoms with Gasteiger partial charge in [-0.1, -0.05) is 0 Å². The minimum Gasteiger partial charge on any atom is -0.368 e. The van der Waals surface area contributed by atoms with Crippen LogP contribution in [0.15, 0.2) is 24.5 Å². The average Bonchev–Trinajstić information content (AvgIpc) is 3.04. The summed E-state index contributed by atoms with van der Waals surface area (Å²) >= 11 is 0. The first kappa shape index (κ1) is 18.3. The Morgan fingerprint density at radius 2 is 2.18 bits per heavy atom. The maximum Gasteiger partial charge on any atom is 0.222 e. The molecule has 0 bridgehead atoms. The molecule has 1 atom stereocenters. The van der Waals surface area contributed by atoms with Gasteiger partial charge in [0.2, 0.25) is 11.8 Å². The van der Waals surface area contributed by atoms with E-state index in [9.17, 15) is 9.59 Å². The Morgan fingerprint density at radius 3 is 2.86 bits per heavy atom. The van der Waals surface area contributed by atoms with E-state index < -0.39 is 0 Å². The topological polar surface area (TPSA) is 91.3 Å². The molecule has 4 rings (SSSR count). The first-order valence-electron chi connectivity index (χ1n) is 9.58. The number of carbonyl (C=O) groups is 2. The molecule has 2 aromatic rings. The van der Waals surface area contributed by atoms with Crippen LogP contribution in [-0.4, -0.2) is 62.7 Å². The van der Waals surface area contributed by atoms with Gasteiger partial charge in [-0.15, -0.1) is 0 Å². The predicted molar refractivity (Wildman–Crippen MR) is 104 cm³/mol. The molecule has 2 amide bonds. The minimum absolute atomic E-state index is 0.0489. The molecule has 0 aliphatic carbocycles. The molecule has 146 valence electrons. The second-order valence-electron chi connectivity index (χ2n) is 7.33. The maximum atomic E-state index is 11.8. The number of carbonyl (C=O) groups excluding carboxylic acids is 2. The Bertz CT molecular complexity index is 901. The molecule has 2 aromatic heterocycles. The van der Waals surface area contributed by atoms with Gasteiger partial charge in [-0.05, 0) is 25.0 Å². The van der Waals surface area contributed by atoms with Crippen LogP contribution in [0.2, 0.25) is 0 Å². The third-order valence-electron chi connectivity index (χ3n) is 5.57. The van der Waals surface area contributed by atoms with Crippen molar-refractivity contribution in [3.63, 3.8) is 0 Å². The average molecular weight is 380 g/mol. The van der Waals surface area contributed by atoms with Crippen molar-refractivity contribution in [3.05, 3.63) is 35.8 Å². The van der Waals surface area contributed by atoms with Gasteiger partial charge in [0.05, 0.1) is 12.2 Å². The number of amides is 2. The van der Waals surface area contributed by atoms with Gasteiger partial charge in [-0.25, -0.2) is 9.97 Å². The Kier molecular flexibility index (Phi) is 4.93. The molecule has 1 saturated heterocycles. The molecule has 0 saturated carbocycles. The zero-order chi connectivity index (χ0) is 19.7. The number of aromatic nitrogens is 3. The molecule has 0 aromatic carbocycles. The summed E-state index contributed by atoms with van der Waals surface area (Å²) in [4.78, 5) is 40.9. The number of fused-ring (bicyclic) bond motifs is 1. The first-order valence-corrected chi connectivity index (χ1v) is 9.58. The molecular formula is C20H24N6O2. The highest BCUT2D eigenvalue weighted by molar-refractivity contribution is 5.78. The standard InChI is InChI=1S/C20H24N6O2/c1-13(27)26-9-7-16-17(12-26)23-19(14-4-3-8-21-10-14)24-20(16)22-11-15-5-6-18(28)25(15)2/h3-4,8,10,15H,5-7,9,11-12H2,1-2H3,(H,22,23,24). The predicted octanol–water partition coefficient (Wildman–Crippen LogP) is 1.48. The van der Waals surface area contributed by atoms with E-state index in [1.807, 2.05) is 19.2 Å². The molecule has 1 fully saturated rings. The highest BCUT2D eigenvalue weighted by atomic mass is 16.2. The number of hydrogen-bond acceptors (Lipinski definition) is 6. The summed E-state index contributed by atoms with van der Waals surface area (Å²) in [6.45, 7) is 3.38. The van der Waals surface area contributed by atoms with Crippen molar-refractivity contribution in [3.8, 4) is 11.4 Å². The molecule has 4 heterocycles. The van der Waals surface area contributed by atoms with Crippen molar-refractivity contribution in [2.75, 3.05) is 25.5 Å². The lowest BCUT2D eigenvalue weighted by molar-refractivity contribution is -0.130. The summed E-state index contributed by atoms with van der Waals surface area (Å²) in [5.41, 5.74) is 2.76. The summed E-state index contributed by atoms with van der Waals surface area (Å²) in [7, 11) is 1.85. The summed E-state index contributed by atoms with van der Waals surface area (Å²) < 4.78 is 0. The third-order valence-corrected chi connectivity index (χ3v) is 5.57. The van der Waals surface area contributed by atoms with Crippen molar-refractivity contribution in [2.45, 2.75) is 38.8 Å². The van der Waals surface area contributed by atoms with Crippen LogP contribution in [-0.2, 0) is 22.6 Å². The summed E-state index contributed by atoms with van der Waals surface area (Å²) in [5, 5.41) is 3.45. The Hall–Kier alpha value is -3.03. The van der Waals surface area contributed by atoms with Crippen LogP contribution < -0.4 is 5.32 Å². The fourth-order valence-corrected chi connectivity index (χ4v) is 3.79. The van der Waals surface area contributed by atoms with Crippen molar-refractivity contribution in [1.29, 1.82) is 0 Å². The van der Waals surface area contributed by atoms with E-state index in [2.05, 4.69) is 10.3 Å². The van der Waals surface area contributed by atoms with Gasteiger partial charge in [0.1, 0.15) is 5.82 Å². The van der Waals surface area contributed by atoms with Crippen LogP contribution in [0.3, 0.4) is 0 Å². The normalized spacial score (nSPS) is 18.9. The van der Waals surface area contributed by atoms with E-state index >= 15 is 0 Å². The molecule has 0 radical (unpaired) electrons. The molecule has 1 N–H and O–H groups in total. The fraction of sp³-hybridized carbons (Fsp3) is 0.450. The number of likely N-dealkylation sites (N-methyl/N-ethyl adjacent to an activating group) is 1. The van der Waals surface area contributed by atoms with Crippen LogP contribution in [0, 0.1) is 0 Å². The number of nitrogens with one attached hydrogen (secondary N) is 1. The molecule has 0 spiro atoms. The SMILES string of the molecule is CC(=O)N1CCc2c(nc(-c3cccnc3)nc2NCC2CCC(=O)N2C)C1. The summed E-state index contributed by atoms with van der Waals surface area (Å²) in [6, 6.07) is 3.94. The van der Waals surface area contributed by atoms with Crippen LogP contribution in [0.25, 0.3) is 11.4 Å². The fourth-order valence-electron chi connectivity index (χ4n) is 3.79. The van der Waals surface area contributed by atoms with E-state index in [1.54, 1.807) is 29.1 Å². The number of likely N-dealkylation sites (tertiary alicyclic amines) is 1. The smallest absolute Gasteiger partial charge is 0.222 e. The zero-order valence-corrected chi connectivity index (χ0v) is 16.2. The Morgan fingerprint density at radius 1 is 1.32 bits per heavy atom. The second-order valence-corrected chi connectivity index (χ2v) is 7.33. The van der Waals surface area contributed by atoms with E-state index in [1.165, 1.54) is 0 Å². The molecular weight excluding hydrogens is 356 g/mol. The van der Waals surface area contributed by atoms with E-state index in [-0.39, 0.29) is 17.9 Å². The number of hydrogen-bond donors (Lipinski definition) is 1. The van der Waals surface area contributed by atoms with Gasteiger partial charge >= 0.3 is 0 Å².